The number of aliphatic hydroxyl groups excluding tert-OH is 1. The van der Waals surface area contributed by atoms with Crippen molar-refractivity contribution in [3.8, 4) is 5.69 Å². The van der Waals surface area contributed by atoms with Crippen LogP contribution in [0, 0.1) is 20.8 Å². The molecular weight excluding hydrogens is 416 g/mol. The zero-order valence-corrected chi connectivity index (χ0v) is 18.8. The van der Waals surface area contributed by atoms with Gasteiger partial charge in [0.2, 0.25) is 0 Å². The van der Waals surface area contributed by atoms with Gasteiger partial charge in [0, 0.05) is 34.8 Å². The molecule has 1 saturated heterocycles. The standard InChI is InChI=1S/C23H25ClN4OS/c1-14-7-8-17(24)13-20(14)28-15(2)12-18(16(28)3)22-21(19-6-4-5-9-25-19)26-23(30)27(22)10-11-29/h4-9,12-13,21-22,29H,10-11H2,1-3H3,(H,26,30)/t21-,22+/m0/s1. The van der Waals surface area contributed by atoms with Gasteiger partial charge in [0.25, 0.3) is 0 Å². The Hall–Kier alpha value is -2.41. The molecule has 3 heterocycles. The fraction of sp³-hybridized carbons (Fsp3) is 0.304. The summed E-state index contributed by atoms with van der Waals surface area (Å²) in [5.41, 5.74) is 6.55. The summed E-state index contributed by atoms with van der Waals surface area (Å²) in [5.74, 6) is 0. The van der Waals surface area contributed by atoms with E-state index in [0.29, 0.717) is 16.7 Å². The first-order chi connectivity index (χ1) is 14.4. The van der Waals surface area contributed by atoms with Gasteiger partial charge in [-0.15, -0.1) is 0 Å². The van der Waals surface area contributed by atoms with E-state index in [1.54, 1.807) is 6.20 Å². The first-order valence-corrected chi connectivity index (χ1v) is 10.7. The molecule has 2 aromatic heterocycles. The predicted molar refractivity (Wildman–Crippen MR) is 124 cm³/mol. The second kappa shape index (κ2) is 8.38. The average Bonchev–Trinajstić information content (AvgIpc) is 3.21. The Bertz CT molecular complexity index is 1080. The van der Waals surface area contributed by atoms with E-state index in [2.05, 4.69) is 46.6 Å². The predicted octanol–water partition coefficient (Wildman–Crippen LogP) is 4.42. The van der Waals surface area contributed by atoms with Gasteiger partial charge in [-0.2, -0.15) is 0 Å². The highest BCUT2D eigenvalue weighted by Gasteiger charge is 2.41. The van der Waals surface area contributed by atoms with Crippen LogP contribution >= 0.6 is 23.8 Å². The smallest absolute Gasteiger partial charge is 0.170 e. The molecule has 1 aromatic carbocycles. The Kier molecular flexibility index (Phi) is 5.82. The van der Waals surface area contributed by atoms with Gasteiger partial charge in [-0.05, 0) is 74.4 Å². The van der Waals surface area contributed by atoms with Crippen molar-refractivity contribution in [3.05, 3.63) is 81.9 Å². The van der Waals surface area contributed by atoms with E-state index in [-0.39, 0.29) is 18.7 Å². The van der Waals surface area contributed by atoms with Gasteiger partial charge in [-0.25, -0.2) is 0 Å². The highest BCUT2D eigenvalue weighted by molar-refractivity contribution is 7.80. The van der Waals surface area contributed by atoms with Gasteiger partial charge in [0.05, 0.1) is 24.4 Å². The van der Waals surface area contributed by atoms with E-state index < -0.39 is 0 Å². The molecule has 0 amide bonds. The minimum Gasteiger partial charge on any atom is -0.395 e. The number of aliphatic hydroxyl groups is 1. The summed E-state index contributed by atoms with van der Waals surface area (Å²) < 4.78 is 2.24. The average molecular weight is 441 g/mol. The van der Waals surface area contributed by atoms with Crippen molar-refractivity contribution in [1.29, 1.82) is 0 Å². The zero-order valence-electron chi connectivity index (χ0n) is 17.3. The summed E-state index contributed by atoms with van der Waals surface area (Å²) in [5, 5.41) is 14.4. The van der Waals surface area contributed by atoms with Crippen LogP contribution in [-0.4, -0.2) is 37.8 Å². The molecule has 0 radical (unpaired) electrons. The van der Waals surface area contributed by atoms with E-state index in [9.17, 15) is 5.11 Å². The van der Waals surface area contributed by atoms with Crippen LogP contribution in [0.4, 0.5) is 0 Å². The van der Waals surface area contributed by atoms with Gasteiger partial charge in [0.1, 0.15) is 0 Å². The van der Waals surface area contributed by atoms with E-state index in [4.69, 9.17) is 23.8 Å². The normalized spacial score (nSPS) is 18.7. The fourth-order valence-electron chi connectivity index (χ4n) is 4.37. The van der Waals surface area contributed by atoms with Gasteiger partial charge in [-0.1, -0.05) is 23.7 Å². The SMILES string of the molecule is Cc1ccc(Cl)cc1-n1c(C)cc([C@@H]2[C@H](c3ccccn3)NC(=S)N2CCO)c1C. The molecule has 156 valence electrons. The van der Waals surface area contributed by atoms with E-state index >= 15 is 0 Å². The van der Waals surface area contributed by atoms with Crippen LogP contribution in [0.25, 0.3) is 5.69 Å². The molecule has 2 atom stereocenters. The number of aryl methyl sites for hydroxylation is 2. The number of hydrogen-bond donors (Lipinski definition) is 2. The van der Waals surface area contributed by atoms with Crippen LogP contribution in [0.2, 0.25) is 5.02 Å². The van der Waals surface area contributed by atoms with Gasteiger partial charge >= 0.3 is 0 Å². The van der Waals surface area contributed by atoms with Crippen molar-refractivity contribution in [1.82, 2.24) is 19.8 Å². The van der Waals surface area contributed by atoms with Crippen molar-refractivity contribution in [2.45, 2.75) is 32.9 Å². The molecular formula is C23H25ClN4OS. The third-order valence-corrected chi connectivity index (χ3v) is 6.33. The first kappa shape index (κ1) is 20.8. The number of nitrogens with zero attached hydrogens (tertiary/aromatic N) is 3. The van der Waals surface area contributed by atoms with Crippen LogP contribution in [0.1, 0.15) is 40.3 Å². The lowest BCUT2D eigenvalue weighted by atomic mass is 9.97. The maximum Gasteiger partial charge on any atom is 0.170 e. The van der Waals surface area contributed by atoms with Crippen LogP contribution in [-0.2, 0) is 0 Å². The fourth-order valence-corrected chi connectivity index (χ4v) is 4.87. The van der Waals surface area contributed by atoms with Gasteiger partial charge < -0.3 is 19.9 Å². The summed E-state index contributed by atoms with van der Waals surface area (Å²) in [6.07, 6.45) is 1.80. The zero-order chi connectivity index (χ0) is 21.4. The molecule has 5 nitrogen and oxygen atoms in total. The number of halogens is 1. The van der Waals surface area contributed by atoms with Crippen LogP contribution < -0.4 is 5.32 Å². The molecule has 1 aliphatic rings. The highest BCUT2D eigenvalue weighted by Crippen LogP contribution is 2.41. The monoisotopic (exact) mass is 440 g/mol. The molecule has 1 fully saturated rings. The molecule has 30 heavy (non-hydrogen) atoms. The number of nitrogens with one attached hydrogen (secondary N) is 1. The highest BCUT2D eigenvalue weighted by atomic mass is 35.5. The topological polar surface area (TPSA) is 53.3 Å². The van der Waals surface area contributed by atoms with E-state index in [1.165, 1.54) is 0 Å². The summed E-state index contributed by atoms with van der Waals surface area (Å²) in [6, 6.07) is 13.9. The Morgan fingerprint density at radius 1 is 1.17 bits per heavy atom. The number of pyridine rings is 1. The van der Waals surface area contributed by atoms with E-state index in [0.717, 1.165) is 33.9 Å². The first-order valence-electron chi connectivity index (χ1n) is 9.96. The second-order valence-electron chi connectivity index (χ2n) is 7.64. The number of rotatable bonds is 5. The Balaban J connectivity index is 1.86. The van der Waals surface area contributed by atoms with E-state index in [1.807, 2.05) is 36.4 Å². The Morgan fingerprint density at radius 3 is 2.67 bits per heavy atom. The molecule has 7 heteroatoms. The van der Waals surface area contributed by atoms with Gasteiger partial charge in [0.15, 0.2) is 5.11 Å². The number of aromatic nitrogens is 2. The molecule has 0 spiro atoms. The third kappa shape index (κ3) is 3.60. The summed E-state index contributed by atoms with van der Waals surface area (Å²) >= 11 is 11.9. The van der Waals surface area contributed by atoms with Crippen molar-refractivity contribution in [3.63, 3.8) is 0 Å². The molecule has 2 N–H and O–H groups in total. The van der Waals surface area contributed by atoms with Gasteiger partial charge in [-0.3, -0.25) is 4.98 Å². The molecule has 4 rings (SSSR count). The van der Waals surface area contributed by atoms with Crippen molar-refractivity contribution in [2.75, 3.05) is 13.2 Å². The third-order valence-electron chi connectivity index (χ3n) is 5.74. The van der Waals surface area contributed by atoms with Crippen LogP contribution in [0.3, 0.4) is 0 Å². The number of thiocarbonyl (C=S) groups is 1. The maximum atomic E-state index is 9.68. The Morgan fingerprint density at radius 2 is 1.97 bits per heavy atom. The molecule has 1 aliphatic heterocycles. The minimum absolute atomic E-state index is 0.0272. The molecule has 0 bridgehead atoms. The van der Waals surface area contributed by atoms with Crippen LogP contribution in [0.5, 0.6) is 0 Å². The number of β-amino-alcohol motifs (C(OH)–C–C–N with tert-alkyl or cyclic N) is 1. The molecule has 0 unspecified atom stereocenters. The van der Waals surface area contributed by atoms with Crippen molar-refractivity contribution < 1.29 is 5.11 Å². The number of hydrogen-bond acceptors (Lipinski definition) is 3. The Labute approximate surface area is 187 Å². The largest absolute Gasteiger partial charge is 0.395 e. The lowest BCUT2D eigenvalue weighted by Gasteiger charge is -2.27. The number of benzene rings is 1. The van der Waals surface area contributed by atoms with Crippen molar-refractivity contribution in [2.24, 2.45) is 0 Å². The molecule has 3 aromatic rings. The molecule has 0 saturated carbocycles. The minimum atomic E-state index is -0.0975. The quantitative estimate of drug-likeness (QED) is 0.575. The van der Waals surface area contributed by atoms with Crippen LogP contribution in [0.15, 0.2) is 48.7 Å². The lowest BCUT2D eigenvalue weighted by Crippen LogP contribution is -2.32. The second-order valence-corrected chi connectivity index (χ2v) is 8.46. The summed E-state index contributed by atoms with van der Waals surface area (Å²) in [7, 11) is 0. The summed E-state index contributed by atoms with van der Waals surface area (Å²) in [4.78, 5) is 6.63. The maximum absolute atomic E-state index is 9.68. The van der Waals surface area contributed by atoms with Crippen molar-refractivity contribution >= 4 is 28.9 Å². The lowest BCUT2D eigenvalue weighted by molar-refractivity contribution is 0.223. The molecule has 0 aliphatic carbocycles. The summed E-state index contributed by atoms with van der Waals surface area (Å²) in [6.45, 7) is 6.80.